The first-order valence-electron chi connectivity index (χ1n) is 8.18. The number of nitrogens with zero attached hydrogens (tertiary/aromatic N) is 1. The lowest BCUT2D eigenvalue weighted by Gasteiger charge is -2.18. The summed E-state index contributed by atoms with van der Waals surface area (Å²) in [5, 5.41) is 2.78. The van der Waals surface area contributed by atoms with Crippen molar-refractivity contribution in [2.75, 3.05) is 20.2 Å². The Hall–Kier alpha value is -2.37. The minimum Gasteiger partial charge on any atom is -0.469 e. The van der Waals surface area contributed by atoms with Crippen molar-refractivity contribution in [2.24, 2.45) is 5.92 Å². The van der Waals surface area contributed by atoms with Crippen LogP contribution in [0, 0.1) is 5.92 Å². The summed E-state index contributed by atoms with van der Waals surface area (Å²) < 4.78 is 4.58. The van der Waals surface area contributed by atoms with Gasteiger partial charge in [-0.25, -0.2) is 0 Å². The van der Waals surface area contributed by atoms with Crippen molar-refractivity contribution in [3.05, 3.63) is 35.9 Å². The quantitative estimate of drug-likeness (QED) is 0.760. The van der Waals surface area contributed by atoms with Gasteiger partial charge in [-0.15, -0.1) is 0 Å². The fourth-order valence-electron chi connectivity index (χ4n) is 2.82. The average molecular weight is 332 g/mol. The van der Waals surface area contributed by atoms with Gasteiger partial charge in [0.1, 0.15) is 0 Å². The molecule has 1 heterocycles. The number of nitrogens with one attached hydrogen (secondary N) is 1. The smallest absolute Gasteiger partial charge is 0.307 e. The zero-order valence-electron chi connectivity index (χ0n) is 14.2. The second kappa shape index (κ2) is 8.47. The van der Waals surface area contributed by atoms with E-state index in [9.17, 15) is 14.4 Å². The van der Waals surface area contributed by atoms with Gasteiger partial charge < -0.3 is 15.0 Å². The highest BCUT2D eigenvalue weighted by molar-refractivity contribution is 5.89. The van der Waals surface area contributed by atoms with Gasteiger partial charge in [0, 0.05) is 25.6 Å². The highest BCUT2D eigenvalue weighted by Gasteiger charge is 2.34. The van der Waals surface area contributed by atoms with E-state index >= 15 is 0 Å². The van der Waals surface area contributed by atoms with Crippen molar-refractivity contribution in [2.45, 2.75) is 32.2 Å². The van der Waals surface area contributed by atoms with E-state index in [-0.39, 0.29) is 42.6 Å². The molecule has 2 atom stereocenters. The van der Waals surface area contributed by atoms with Crippen LogP contribution in [-0.2, 0) is 25.5 Å². The maximum Gasteiger partial charge on any atom is 0.307 e. The topological polar surface area (TPSA) is 75.7 Å². The molecule has 2 rings (SSSR count). The lowest BCUT2D eigenvalue weighted by Crippen LogP contribution is -2.39. The Morgan fingerprint density at radius 1 is 1.33 bits per heavy atom. The molecule has 1 aliphatic rings. The molecule has 1 aromatic rings. The molecule has 0 saturated carbocycles. The first-order valence-corrected chi connectivity index (χ1v) is 8.18. The van der Waals surface area contributed by atoms with Crippen molar-refractivity contribution in [3.8, 4) is 0 Å². The summed E-state index contributed by atoms with van der Waals surface area (Å²) in [6.45, 7) is 2.80. The van der Waals surface area contributed by atoms with Crippen molar-refractivity contribution >= 4 is 17.8 Å². The van der Waals surface area contributed by atoms with Crippen LogP contribution in [0.1, 0.15) is 25.3 Å². The van der Waals surface area contributed by atoms with Crippen LogP contribution in [0.25, 0.3) is 0 Å². The van der Waals surface area contributed by atoms with E-state index in [1.54, 1.807) is 11.8 Å². The predicted octanol–water partition coefficient (Wildman–Crippen LogP) is 1.15. The predicted molar refractivity (Wildman–Crippen MR) is 89.1 cm³/mol. The monoisotopic (exact) mass is 332 g/mol. The molecular formula is C18H24N2O4. The van der Waals surface area contributed by atoms with Gasteiger partial charge in [-0.05, 0) is 18.9 Å². The summed E-state index contributed by atoms with van der Waals surface area (Å²) in [6.07, 6.45) is 1.13. The number of rotatable bonds is 7. The number of carbonyl (C=O) groups is 3. The molecule has 1 aromatic carbocycles. The van der Waals surface area contributed by atoms with Crippen molar-refractivity contribution < 1.29 is 19.1 Å². The van der Waals surface area contributed by atoms with Gasteiger partial charge in [0.05, 0.1) is 19.4 Å². The second-order valence-electron chi connectivity index (χ2n) is 6.17. The van der Waals surface area contributed by atoms with Gasteiger partial charge in [-0.2, -0.15) is 0 Å². The summed E-state index contributed by atoms with van der Waals surface area (Å²) in [7, 11) is 1.32. The Bertz CT molecular complexity index is 588. The molecule has 0 aromatic heterocycles. The Labute approximate surface area is 142 Å². The fourth-order valence-corrected chi connectivity index (χ4v) is 2.82. The molecule has 0 radical (unpaired) electrons. The van der Waals surface area contributed by atoms with E-state index in [1.165, 1.54) is 12.7 Å². The molecule has 0 aliphatic carbocycles. The van der Waals surface area contributed by atoms with Gasteiger partial charge in [0.15, 0.2) is 0 Å². The SMILES string of the molecule is COC(=O)CC(C)NC(=O)C1CC(=O)N(CCc2ccccc2)C1. The van der Waals surface area contributed by atoms with Crippen LogP contribution < -0.4 is 5.32 Å². The van der Waals surface area contributed by atoms with E-state index in [2.05, 4.69) is 10.1 Å². The van der Waals surface area contributed by atoms with E-state index in [1.807, 2.05) is 30.3 Å². The summed E-state index contributed by atoms with van der Waals surface area (Å²) in [6, 6.07) is 9.65. The van der Waals surface area contributed by atoms with E-state index < -0.39 is 0 Å². The maximum absolute atomic E-state index is 12.2. The van der Waals surface area contributed by atoms with E-state index in [0.29, 0.717) is 13.1 Å². The third kappa shape index (κ3) is 5.08. The minimum absolute atomic E-state index is 0.00621. The Morgan fingerprint density at radius 2 is 2.04 bits per heavy atom. The average Bonchev–Trinajstić information content (AvgIpc) is 2.94. The van der Waals surface area contributed by atoms with Crippen LogP contribution in [0.4, 0.5) is 0 Å². The number of esters is 1. The molecule has 1 fully saturated rings. The van der Waals surface area contributed by atoms with Gasteiger partial charge in [0.2, 0.25) is 11.8 Å². The highest BCUT2D eigenvalue weighted by Crippen LogP contribution is 2.19. The number of amides is 2. The number of hydrogen-bond acceptors (Lipinski definition) is 4. The minimum atomic E-state index is -0.366. The maximum atomic E-state index is 12.2. The van der Waals surface area contributed by atoms with Gasteiger partial charge in [-0.1, -0.05) is 30.3 Å². The molecule has 1 saturated heterocycles. The lowest BCUT2D eigenvalue weighted by molar-refractivity contribution is -0.141. The molecular weight excluding hydrogens is 308 g/mol. The summed E-state index contributed by atoms with van der Waals surface area (Å²) in [5.41, 5.74) is 1.17. The lowest BCUT2D eigenvalue weighted by atomic mass is 10.1. The van der Waals surface area contributed by atoms with Crippen molar-refractivity contribution in [1.82, 2.24) is 10.2 Å². The van der Waals surface area contributed by atoms with Crippen LogP contribution in [0.2, 0.25) is 0 Å². The molecule has 0 bridgehead atoms. The first kappa shape index (κ1) is 18.0. The number of ether oxygens (including phenoxy) is 1. The summed E-state index contributed by atoms with van der Waals surface area (Å²) in [4.78, 5) is 37.3. The van der Waals surface area contributed by atoms with Crippen LogP contribution in [-0.4, -0.2) is 48.9 Å². The zero-order chi connectivity index (χ0) is 17.5. The molecule has 1 aliphatic heterocycles. The zero-order valence-corrected chi connectivity index (χ0v) is 14.2. The standard InChI is InChI=1S/C18H24N2O4/c1-13(10-17(22)24-2)19-18(23)15-11-16(21)20(12-15)9-8-14-6-4-3-5-7-14/h3-7,13,15H,8-12H2,1-2H3,(H,19,23). The second-order valence-corrected chi connectivity index (χ2v) is 6.17. The number of carbonyl (C=O) groups excluding carboxylic acids is 3. The van der Waals surface area contributed by atoms with Crippen molar-refractivity contribution in [3.63, 3.8) is 0 Å². The Morgan fingerprint density at radius 3 is 2.71 bits per heavy atom. The van der Waals surface area contributed by atoms with Crippen LogP contribution in [0.5, 0.6) is 0 Å². The molecule has 6 nitrogen and oxygen atoms in total. The molecule has 0 spiro atoms. The molecule has 1 N–H and O–H groups in total. The van der Waals surface area contributed by atoms with Crippen LogP contribution >= 0.6 is 0 Å². The number of benzene rings is 1. The molecule has 2 unspecified atom stereocenters. The fraction of sp³-hybridized carbons (Fsp3) is 0.500. The van der Waals surface area contributed by atoms with Gasteiger partial charge >= 0.3 is 5.97 Å². The number of hydrogen-bond donors (Lipinski definition) is 1. The van der Waals surface area contributed by atoms with Crippen LogP contribution in [0.15, 0.2) is 30.3 Å². The molecule has 6 heteroatoms. The Kier molecular flexibility index (Phi) is 6.35. The number of likely N-dealkylation sites (tertiary alicyclic amines) is 1. The van der Waals surface area contributed by atoms with E-state index in [4.69, 9.17) is 0 Å². The molecule has 24 heavy (non-hydrogen) atoms. The van der Waals surface area contributed by atoms with Crippen molar-refractivity contribution in [1.29, 1.82) is 0 Å². The van der Waals surface area contributed by atoms with E-state index in [0.717, 1.165) is 6.42 Å². The third-order valence-electron chi connectivity index (χ3n) is 4.19. The normalized spacial score (nSPS) is 18.3. The summed E-state index contributed by atoms with van der Waals surface area (Å²) >= 11 is 0. The third-order valence-corrected chi connectivity index (χ3v) is 4.19. The Balaban J connectivity index is 1.80. The molecule has 130 valence electrons. The van der Waals surface area contributed by atoms with Crippen LogP contribution in [0.3, 0.4) is 0 Å². The summed E-state index contributed by atoms with van der Waals surface area (Å²) in [5.74, 6) is -0.892. The largest absolute Gasteiger partial charge is 0.469 e. The first-order chi connectivity index (χ1) is 11.5. The highest BCUT2D eigenvalue weighted by atomic mass is 16.5. The van der Waals surface area contributed by atoms with Gasteiger partial charge in [-0.3, -0.25) is 14.4 Å². The number of methoxy groups -OCH3 is 1. The van der Waals surface area contributed by atoms with Gasteiger partial charge in [0.25, 0.3) is 0 Å². The molecule has 2 amide bonds.